The summed E-state index contributed by atoms with van der Waals surface area (Å²) in [6.45, 7) is 0. The lowest BCUT2D eigenvalue weighted by Crippen LogP contribution is -2.31. The summed E-state index contributed by atoms with van der Waals surface area (Å²) in [6.07, 6.45) is -1.88. The van der Waals surface area contributed by atoms with Gasteiger partial charge in [-0.25, -0.2) is 19.0 Å². The van der Waals surface area contributed by atoms with E-state index in [1.54, 1.807) is 66.9 Å². The number of hydrogen-bond acceptors (Lipinski definition) is 8. The lowest BCUT2D eigenvalue weighted by atomic mass is 9.97. The molecule has 1 saturated carbocycles. The summed E-state index contributed by atoms with van der Waals surface area (Å²) in [5.41, 5.74) is 1.13. The second-order valence-corrected chi connectivity index (χ2v) is 9.76. The Hall–Kier alpha value is -4.02. The third-order valence-electron chi connectivity index (χ3n) is 6.83. The average molecular weight is 551 g/mol. The van der Waals surface area contributed by atoms with E-state index in [1.165, 1.54) is 11.7 Å². The maximum absolute atomic E-state index is 16.4. The van der Waals surface area contributed by atoms with Crippen LogP contribution in [-0.4, -0.2) is 51.9 Å². The molecule has 4 aromatic rings. The minimum Gasteiger partial charge on any atom is -0.465 e. The fraction of sp³-hybridized carbons (Fsp3) is 0.286. The number of esters is 2. The molecule has 0 unspecified atom stereocenters. The van der Waals surface area contributed by atoms with Gasteiger partial charge in [0, 0.05) is 12.2 Å². The van der Waals surface area contributed by atoms with Gasteiger partial charge in [-0.3, -0.25) is 0 Å². The molecule has 2 aromatic carbocycles. The van der Waals surface area contributed by atoms with E-state index in [2.05, 4.69) is 15.3 Å². The number of halogens is 2. The number of alkyl halides is 1. The van der Waals surface area contributed by atoms with Crippen LogP contribution >= 0.6 is 11.6 Å². The van der Waals surface area contributed by atoms with Crippen LogP contribution in [0.4, 0.5) is 10.2 Å². The summed E-state index contributed by atoms with van der Waals surface area (Å²) < 4.78 is 34.8. The van der Waals surface area contributed by atoms with Gasteiger partial charge in [-0.2, -0.15) is 4.98 Å². The maximum Gasteiger partial charge on any atom is 0.338 e. The van der Waals surface area contributed by atoms with Gasteiger partial charge < -0.3 is 24.1 Å². The fourth-order valence-corrected chi connectivity index (χ4v) is 4.94. The van der Waals surface area contributed by atoms with Crippen molar-refractivity contribution in [2.75, 3.05) is 12.4 Å². The number of aromatic nitrogens is 3. The van der Waals surface area contributed by atoms with Gasteiger partial charge in [0.25, 0.3) is 0 Å². The molecular formula is C28H24ClFN4O5. The number of nitrogens with one attached hydrogen (secondary N) is 1. The number of carbonyl (C=O) groups excluding carboxylic acids is 2. The van der Waals surface area contributed by atoms with Gasteiger partial charge in [-0.15, -0.1) is 0 Å². The molecule has 2 aromatic heterocycles. The first kappa shape index (κ1) is 25.3. The van der Waals surface area contributed by atoms with Gasteiger partial charge in [0.1, 0.15) is 17.6 Å². The Labute approximate surface area is 227 Å². The predicted octanol–water partition coefficient (Wildman–Crippen LogP) is 5.28. The molecule has 200 valence electrons. The zero-order valence-electron chi connectivity index (χ0n) is 20.8. The minimum atomic E-state index is -1.82. The van der Waals surface area contributed by atoms with Crippen molar-refractivity contribution >= 4 is 40.4 Å². The molecule has 2 fully saturated rings. The number of ether oxygens (including phenoxy) is 3. The number of hydrogen-bond donors (Lipinski definition) is 1. The molecule has 1 aliphatic carbocycles. The summed E-state index contributed by atoms with van der Waals surface area (Å²) >= 11 is 6.23. The van der Waals surface area contributed by atoms with Crippen LogP contribution in [0, 0.1) is 0 Å². The number of anilines is 1. The van der Waals surface area contributed by atoms with Crippen molar-refractivity contribution in [2.45, 2.75) is 43.5 Å². The Morgan fingerprint density at radius 2 is 1.79 bits per heavy atom. The van der Waals surface area contributed by atoms with Crippen LogP contribution in [0.3, 0.4) is 0 Å². The Kier molecular flexibility index (Phi) is 6.66. The zero-order chi connectivity index (χ0) is 27.1. The molecule has 0 radical (unpaired) electrons. The second-order valence-electron chi connectivity index (χ2n) is 9.43. The van der Waals surface area contributed by atoms with E-state index >= 15 is 4.39 Å². The molecule has 1 aliphatic heterocycles. The van der Waals surface area contributed by atoms with Crippen LogP contribution in [0.5, 0.6) is 0 Å². The highest BCUT2D eigenvalue weighted by Crippen LogP contribution is 2.45. The van der Waals surface area contributed by atoms with Crippen LogP contribution in [0.15, 0.2) is 66.9 Å². The van der Waals surface area contributed by atoms with Crippen LogP contribution < -0.4 is 5.32 Å². The van der Waals surface area contributed by atoms with Crippen LogP contribution in [0.1, 0.15) is 51.5 Å². The third-order valence-corrected chi connectivity index (χ3v) is 7.00. The number of methoxy groups -OCH3 is 1. The lowest BCUT2D eigenvalue weighted by molar-refractivity contribution is -0.0302. The number of rotatable bonds is 7. The summed E-state index contributed by atoms with van der Waals surface area (Å²) in [6, 6.07) is 16.9. The molecule has 9 nitrogen and oxygen atoms in total. The molecule has 11 heteroatoms. The second kappa shape index (κ2) is 10.3. The monoisotopic (exact) mass is 550 g/mol. The van der Waals surface area contributed by atoms with Gasteiger partial charge in [0.2, 0.25) is 5.28 Å². The van der Waals surface area contributed by atoms with E-state index in [0.29, 0.717) is 28.5 Å². The van der Waals surface area contributed by atoms with Crippen LogP contribution in [0.25, 0.3) is 11.0 Å². The van der Waals surface area contributed by atoms with Crippen molar-refractivity contribution in [1.29, 1.82) is 0 Å². The van der Waals surface area contributed by atoms with Gasteiger partial charge in [-0.1, -0.05) is 36.4 Å². The van der Waals surface area contributed by atoms with Crippen molar-refractivity contribution in [3.8, 4) is 0 Å². The van der Waals surface area contributed by atoms with Gasteiger partial charge >= 0.3 is 11.9 Å². The van der Waals surface area contributed by atoms with Gasteiger partial charge in [0.05, 0.1) is 23.6 Å². The van der Waals surface area contributed by atoms with E-state index in [9.17, 15) is 9.59 Å². The first-order valence-corrected chi connectivity index (χ1v) is 12.9. The molecule has 1 saturated heterocycles. The zero-order valence-corrected chi connectivity index (χ0v) is 21.5. The molecule has 4 atom stereocenters. The van der Waals surface area contributed by atoms with Gasteiger partial charge in [-0.05, 0) is 54.3 Å². The number of nitrogens with zero attached hydrogens (tertiary/aromatic N) is 3. The third kappa shape index (κ3) is 4.81. The quantitative estimate of drug-likeness (QED) is 0.245. The average Bonchev–Trinajstić information content (AvgIpc) is 3.59. The minimum absolute atomic E-state index is 0.00125. The van der Waals surface area contributed by atoms with Crippen LogP contribution in [-0.2, 0) is 14.2 Å². The van der Waals surface area contributed by atoms with Crippen molar-refractivity contribution in [2.24, 2.45) is 0 Å². The summed E-state index contributed by atoms with van der Waals surface area (Å²) in [7, 11) is 1.25. The van der Waals surface area contributed by atoms with Crippen molar-refractivity contribution in [3.05, 3.63) is 88.8 Å². The molecule has 6 rings (SSSR count). The smallest absolute Gasteiger partial charge is 0.338 e. The fourth-order valence-electron chi connectivity index (χ4n) is 4.78. The molecule has 3 heterocycles. The first-order valence-electron chi connectivity index (χ1n) is 12.5. The molecule has 39 heavy (non-hydrogen) atoms. The molecule has 1 N–H and O–H groups in total. The number of fused-ring (bicyclic) bond motifs is 1. The van der Waals surface area contributed by atoms with Gasteiger partial charge in [0.15, 0.2) is 18.5 Å². The van der Waals surface area contributed by atoms with Crippen molar-refractivity contribution < 1.29 is 28.2 Å². The Balaban J connectivity index is 1.41. The van der Waals surface area contributed by atoms with E-state index in [0.717, 1.165) is 12.8 Å². The van der Waals surface area contributed by atoms with E-state index in [-0.39, 0.29) is 16.4 Å². The normalized spacial score (nSPS) is 22.5. The molecule has 2 aliphatic rings. The topological polar surface area (TPSA) is 105 Å². The highest BCUT2D eigenvalue weighted by molar-refractivity contribution is 6.28. The summed E-state index contributed by atoms with van der Waals surface area (Å²) in [5.74, 6) is -0.783. The Morgan fingerprint density at radius 3 is 2.54 bits per heavy atom. The number of benzene rings is 2. The van der Waals surface area contributed by atoms with E-state index in [1.807, 2.05) is 0 Å². The summed E-state index contributed by atoms with van der Waals surface area (Å²) in [5, 5.41) is 3.97. The molecule has 0 amide bonds. The van der Waals surface area contributed by atoms with E-state index in [4.69, 9.17) is 25.8 Å². The van der Waals surface area contributed by atoms with E-state index < -0.39 is 36.5 Å². The highest BCUT2D eigenvalue weighted by atomic mass is 35.5. The predicted molar refractivity (Wildman–Crippen MR) is 140 cm³/mol. The maximum atomic E-state index is 16.4. The largest absolute Gasteiger partial charge is 0.465 e. The van der Waals surface area contributed by atoms with Crippen molar-refractivity contribution in [3.63, 3.8) is 0 Å². The Bertz CT molecular complexity index is 1540. The van der Waals surface area contributed by atoms with Crippen LogP contribution in [0.2, 0.25) is 5.28 Å². The molecular weight excluding hydrogens is 527 g/mol. The molecule has 0 bridgehead atoms. The number of carbonyl (C=O) groups is 2. The first-order chi connectivity index (χ1) is 18.9. The molecule has 0 spiro atoms. The lowest BCUT2D eigenvalue weighted by Gasteiger charge is -2.21. The SMILES string of the molecule is COC(=O)c1ccccc1[C@H]1O[C@@H](n2ccc3c(NC4CC4)nc(Cl)nc32)[C@@H](F)[C@@H]1OC(=O)c1ccccc1. The highest BCUT2D eigenvalue weighted by Gasteiger charge is 2.50. The standard InChI is InChI=1S/C28H24ClFN4O5/c1-37-27(36)18-10-6-5-9-17(18)21-22(39-26(35)15-7-3-2-4-8-15)20(30)25(38-21)34-14-13-19-23(31-16-11-12-16)32-28(29)33-24(19)34/h2-10,13-14,16,20-22,25H,11-12H2,1H3,(H,31,32,33)/t20-,21+,22-,25+/m0/s1. The Morgan fingerprint density at radius 1 is 1.05 bits per heavy atom. The van der Waals surface area contributed by atoms with Crippen molar-refractivity contribution in [1.82, 2.24) is 14.5 Å². The summed E-state index contributed by atoms with van der Waals surface area (Å²) in [4.78, 5) is 34.2.